The number of benzene rings is 2. The molecule has 0 saturated heterocycles. The molecule has 0 saturated carbocycles. The third kappa shape index (κ3) is 4.78. The Hall–Kier alpha value is -2.13. The van der Waals surface area contributed by atoms with Gasteiger partial charge in [0.25, 0.3) is 0 Å². The van der Waals surface area contributed by atoms with E-state index in [2.05, 4.69) is 47.1 Å². The van der Waals surface area contributed by atoms with E-state index in [0.29, 0.717) is 5.69 Å². The minimum Gasteiger partial charge on any atom is -0.340 e. The fourth-order valence-corrected chi connectivity index (χ4v) is 2.82. The fraction of sp³-hybridized carbons (Fsp3) is 0.111. The lowest BCUT2D eigenvalue weighted by Crippen LogP contribution is -2.17. The predicted octanol–water partition coefficient (Wildman–Crippen LogP) is 6.53. The van der Waals surface area contributed by atoms with Crippen LogP contribution in [0.3, 0.4) is 0 Å². The van der Waals surface area contributed by atoms with Crippen LogP contribution in [0.5, 0.6) is 0 Å². The second kappa shape index (κ2) is 7.85. The number of alkyl halides is 3. The molecular weight excluding hydrogens is 489 g/mol. The molecule has 1 aromatic heterocycles. The van der Waals surface area contributed by atoms with E-state index in [1.54, 1.807) is 36.2 Å². The fourth-order valence-electron chi connectivity index (χ4n) is 2.29. The second-order valence-corrected chi connectivity index (χ2v) is 7.43. The van der Waals surface area contributed by atoms with Gasteiger partial charge in [0.1, 0.15) is 11.4 Å². The molecule has 9 heteroatoms. The topological polar surface area (TPSA) is 41.1 Å². The van der Waals surface area contributed by atoms with Crippen LogP contribution in [0, 0.1) is 0 Å². The van der Waals surface area contributed by atoms with Crippen molar-refractivity contribution in [2.45, 2.75) is 6.18 Å². The highest BCUT2D eigenvalue weighted by Crippen LogP contribution is 2.36. The number of hydrogen-bond donors (Lipinski definition) is 1. The van der Waals surface area contributed by atoms with Crippen molar-refractivity contribution in [2.75, 3.05) is 17.3 Å². The number of hydrogen-bond acceptors (Lipinski definition) is 4. The van der Waals surface area contributed by atoms with Crippen LogP contribution in [0.1, 0.15) is 5.56 Å². The first-order chi connectivity index (χ1) is 12.7. The minimum atomic E-state index is -4.58. The van der Waals surface area contributed by atoms with Gasteiger partial charge in [0.05, 0.1) is 0 Å². The molecule has 1 N–H and O–H groups in total. The maximum Gasteiger partial charge on any atom is 0.421 e. The molecule has 0 aliphatic heterocycles. The van der Waals surface area contributed by atoms with Crippen LogP contribution in [0.25, 0.3) is 0 Å². The number of anilines is 4. The van der Waals surface area contributed by atoms with Gasteiger partial charge in [-0.2, -0.15) is 18.2 Å². The number of nitrogens with zero attached hydrogens (tertiary/aromatic N) is 3. The molecule has 0 atom stereocenters. The highest BCUT2D eigenvalue weighted by atomic mass is 79.9. The Morgan fingerprint density at radius 1 is 0.926 bits per heavy atom. The van der Waals surface area contributed by atoms with E-state index in [1.165, 1.54) is 0 Å². The molecule has 0 aliphatic carbocycles. The van der Waals surface area contributed by atoms with Crippen molar-refractivity contribution in [1.82, 2.24) is 9.97 Å². The van der Waals surface area contributed by atoms with Gasteiger partial charge in [-0.25, -0.2) is 4.98 Å². The van der Waals surface area contributed by atoms with Crippen molar-refractivity contribution in [3.63, 3.8) is 0 Å². The van der Waals surface area contributed by atoms with Crippen molar-refractivity contribution >= 4 is 55.0 Å². The van der Waals surface area contributed by atoms with Crippen LogP contribution in [-0.4, -0.2) is 17.0 Å². The van der Waals surface area contributed by atoms with Crippen LogP contribution in [0.15, 0.2) is 63.7 Å². The first-order valence-corrected chi connectivity index (χ1v) is 9.29. The van der Waals surface area contributed by atoms with Gasteiger partial charge in [-0.15, -0.1) is 0 Å². The molecular formula is C18H13Br2F3N4. The van der Waals surface area contributed by atoms with Crippen molar-refractivity contribution < 1.29 is 13.2 Å². The van der Waals surface area contributed by atoms with E-state index in [1.807, 2.05) is 24.3 Å². The summed E-state index contributed by atoms with van der Waals surface area (Å²) in [6.45, 7) is 0. The summed E-state index contributed by atoms with van der Waals surface area (Å²) in [6, 6.07) is 14.1. The third-order valence-electron chi connectivity index (χ3n) is 3.70. The van der Waals surface area contributed by atoms with Crippen LogP contribution in [-0.2, 0) is 6.18 Å². The molecule has 0 aliphatic rings. The van der Waals surface area contributed by atoms with E-state index in [9.17, 15) is 13.2 Å². The average molecular weight is 502 g/mol. The normalized spacial score (nSPS) is 11.3. The molecule has 3 aromatic rings. The summed E-state index contributed by atoms with van der Waals surface area (Å²) in [5.41, 5.74) is 0.297. The van der Waals surface area contributed by atoms with Crippen molar-refractivity contribution in [1.29, 1.82) is 0 Å². The Morgan fingerprint density at radius 3 is 2.04 bits per heavy atom. The van der Waals surface area contributed by atoms with Crippen LogP contribution >= 0.6 is 31.9 Å². The van der Waals surface area contributed by atoms with Gasteiger partial charge in [-0.05, 0) is 48.5 Å². The van der Waals surface area contributed by atoms with E-state index >= 15 is 0 Å². The predicted molar refractivity (Wildman–Crippen MR) is 107 cm³/mol. The minimum absolute atomic E-state index is 0.143. The molecule has 27 heavy (non-hydrogen) atoms. The zero-order valence-corrected chi connectivity index (χ0v) is 17.1. The van der Waals surface area contributed by atoms with Gasteiger partial charge in [0.15, 0.2) is 0 Å². The van der Waals surface area contributed by atoms with Gasteiger partial charge in [-0.3, -0.25) is 0 Å². The highest BCUT2D eigenvalue weighted by molar-refractivity contribution is 9.10. The number of aromatic nitrogens is 2. The van der Waals surface area contributed by atoms with Crippen molar-refractivity contribution in [3.8, 4) is 0 Å². The monoisotopic (exact) mass is 500 g/mol. The lowest BCUT2D eigenvalue weighted by atomic mass is 10.2. The summed E-state index contributed by atoms with van der Waals surface area (Å²) < 4.78 is 41.8. The van der Waals surface area contributed by atoms with Gasteiger partial charge < -0.3 is 10.2 Å². The maximum absolute atomic E-state index is 13.4. The summed E-state index contributed by atoms with van der Waals surface area (Å²) >= 11 is 6.64. The molecule has 2 aromatic carbocycles. The quantitative estimate of drug-likeness (QED) is 0.441. The van der Waals surface area contributed by atoms with E-state index < -0.39 is 11.7 Å². The molecule has 0 unspecified atom stereocenters. The Balaban J connectivity index is 1.99. The van der Waals surface area contributed by atoms with Crippen LogP contribution in [0.4, 0.5) is 36.3 Å². The Bertz CT molecular complexity index is 929. The molecule has 1 heterocycles. The highest BCUT2D eigenvalue weighted by Gasteiger charge is 2.35. The van der Waals surface area contributed by atoms with E-state index in [4.69, 9.17) is 0 Å². The largest absolute Gasteiger partial charge is 0.421 e. The average Bonchev–Trinajstić information content (AvgIpc) is 2.63. The molecule has 3 rings (SSSR count). The smallest absolute Gasteiger partial charge is 0.340 e. The molecule has 0 radical (unpaired) electrons. The number of halogens is 5. The zero-order valence-electron chi connectivity index (χ0n) is 13.9. The summed E-state index contributed by atoms with van der Waals surface area (Å²) in [7, 11) is 1.69. The van der Waals surface area contributed by atoms with Crippen molar-refractivity contribution in [3.05, 3.63) is 69.2 Å². The van der Waals surface area contributed by atoms with Crippen molar-refractivity contribution in [2.24, 2.45) is 0 Å². The lowest BCUT2D eigenvalue weighted by Gasteiger charge is -2.20. The zero-order chi connectivity index (χ0) is 19.6. The lowest BCUT2D eigenvalue weighted by molar-refractivity contribution is -0.137. The van der Waals surface area contributed by atoms with Gasteiger partial charge in [0, 0.05) is 33.6 Å². The van der Waals surface area contributed by atoms with E-state index in [-0.39, 0.29) is 11.8 Å². The van der Waals surface area contributed by atoms with Gasteiger partial charge >= 0.3 is 6.18 Å². The summed E-state index contributed by atoms with van der Waals surface area (Å²) in [4.78, 5) is 9.62. The van der Waals surface area contributed by atoms with Crippen LogP contribution < -0.4 is 10.2 Å². The van der Waals surface area contributed by atoms with E-state index in [0.717, 1.165) is 20.8 Å². The molecule has 4 nitrogen and oxygen atoms in total. The van der Waals surface area contributed by atoms with Gasteiger partial charge in [0.2, 0.25) is 5.95 Å². The van der Waals surface area contributed by atoms with Gasteiger partial charge in [-0.1, -0.05) is 31.9 Å². The standard InChI is InChI=1S/C18H13Br2F3N4/c1-27(14-8-4-12(20)5-9-14)17-24-10-15(18(21,22)23)16(26-17)25-13-6-2-11(19)3-7-13/h2-10H,1H3,(H,24,25,26). The molecule has 0 spiro atoms. The molecule has 140 valence electrons. The third-order valence-corrected chi connectivity index (χ3v) is 4.76. The second-order valence-electron chi connectivity index (χ2n) is 5.60. The molecule has 0 amide bonds. The Labute approximate surface area is 170 Å². The maximum atomic E-state index is 13.4. The Morgan fingerprint density at radius 2 is 1.48 bits per heavy atom. The first-order valence-electron chi connectivity index (χ1n) is 7.70. The summed E-state index contributed by atoms with van der Waals surface area (Å²) in [5, 5.41) is 2.74. The summed E-state index contributed by atoms with van der Waals surface area (Å²) in [5.74, 6) is -0.163. The number of rotatable bonds is 4. The SMILES string of the molecule is CN(c1ccc(Br)cc1)c1ncc(C(F)(F)F)c(Nc2ccc(Br)cc2)n1. The van der Waals surface area contributed by atoms with Crippen LogP contribution in [0.2, 0.25) is 0 Å². The molecule has 0 bridgehead atoms. The first kappa shape index (κ1) is 19.6. The summed E-state index contributed by atoms with van der Waals surface area (Å²) in [6.07, 6.45) is -3.79. The number of nitrogens with one attached hydrogen (secondary N) is 1. The Kier molecular flexibility index (Phi) is 5.71. The molecule has 0 fully saturated rings.